The zero-order chi connectivity index (χ0) is 97.6. The van der Waals surface area contributed by atoms with Crippen LogP contribution in [0.25, 0.3) is 161 Å². The Bertz CT molecular complexity index is 8420. The molecule has 8 fully saturated rings. The van der Waals surface area contributed by atoms with Gasteiger partial charge in [-0.15, -0.1) is 0 Å². The van der Waals surface area contributed by atoms with Crippen LogP contribution in [0, 0.1) is 108 Å². The molecule has 0 unspecified atom stereocenters. The van der Waals surface area contributed by atoms with Gasteiger partial charge < -0.3 is 52.1 Å². The van der Waals surface area contributed by atoms with E-state index in [2.05, 4.69) is 196 Å². The van der Waals surface area contributed by atoms with Crippen molar-refractivity contribution in [3.8, 4) is 94.8 Å². The van der Waals surface area contributed by atoms with E-state index in [1.54, 1.807) is 5.57 Å². The highest BCUT2D eigenvalue weighted by molar-refractivity contribution is 6.31. The van der Waals surface area contributed by atoms with Crippen molar-refractivity contribution in [2.75, 3.05) is 13.1 Å². The third-order valence-corrected chi connectivity index (χ3v) is 31.7. The molecule has 25 heteroatoms. The van der Waals surface area contributed by atoms with Crippen LogP contribution in [0.3, 0.4) is 0 Å². The highest BCUT2D eigenvalue weighted by Crippen LogP contribution is 2.54. The zero-order valence-corrected chi connectivity index (χ0v) is 84.5. The fourth-order valence-electron chi connectivity index (χ4n) is 23.2. The second kappa shape index (κ2) is 35.1. The number of H-pyrrole nitrogens is 6. The van der Waals surface area contributed by atoms with E-state index in [0.717, 1.165) is 251 Å². The molecule has 0 bridgehead atoms. The first-order chi connectivity index (χ1) is 70.1. The summed E-state index contributed by atoms with van der Waals surface area (Å²) in [5.74, 6) is 14.9. The molecule has 6 N–H and O–H groups in total. The van der Waals surface area contributed by atoms with Crippen LogP contribution in [0.15, 0.2) is 165 Å². The summed E-state index contributed by atoms with van der Waals surface area (Å²) in [6.45, 7) is 30.2. The molecule has 7 aromatic carbocycles. The van der Waals surface area contributed by atoms with E-state index in [1.165, 1.54) is 200 Å². The first kappa shape index (κ1) is 89.4. The van der Waals surface area contributed by atoms with E-state index in [9.17, 15) is 0 Å². The summed E-state index contributed by atoms with van der Waals surface area (Å²) in [6.07, 6.45) is 27.2. The van der Waals surface area contributed by atoms with Crippen LogP contribution in [0.4, 0.5) is 0 Å². The average Bonchev–Trinajstić information content (AvgIpc) is 1.58. The predicted molar refractivity (Wildman–Crippen MR) is 566 cm³/mol. The molecule has 12 aromatic heterocycles. The molecule has 30 rings (SSSR count). The molecule has 25 nitrogen and oxygen atoms in total. The first-order valence-corrected chi connectivity index (χ1v) is 52.3. The largest absolute Gasteiger partial charge is 0.361 e. The summed E-state index contributed by atoms with van der Waals surface area (Å²) in [4.78, 5) is 53.2. The summed E-state index contributed by atoms with van der Waals surface area (Å²) < 4.78 is 29.7. The van der Waals surface area contributed by atoms with Crippen LogP contribution >= 0.6 is 0 Å². The minimum Gasteiger partial charge on any atom is -0.361 e. The van der Waals surface area contributed by atoms with Gasteiger partial charge in [-0.2, -0.15) is 5.10 Å². The topological polar surface area (TPSA) is 332 Å². The smallest absolute Gasteiger partial charge is 0.141 e. The van der Waals surface area contributed by atoms with Gasteiger partial charge in [0, 0.05) is 137 Å². The summed E-state index contributed by atoms with van der Waals surface area (Å²) in [7, 11) is 0. The molecule has 0 spiro atoms. The van der Waals surface area contributed by atoms with Gasteiger partial charge in [0.25, 0.3) is 0 Å². The average molecular weight is 1910 g/mol. The van der Waals surface area contributed by atoms with Gasteiger partial charge >= 0.3 is 0 Å². The quantitative estimate of drug-likeness (QED) is 0.0438. The maximum Gasteiger partial charge on any atom is 0.141 e. The van der Waals surface area contributed by atoms with Crippen molar-refractivity contribution in [2.24, 2.45) is 27.7 Å². The number of nitrogens with zero attached hydrogens (tertiary/aromatic N) is 14. The third kappa shape index (κ3) is 16.4. The number of allylic oxidation sites excluding steroid dienone is 2. The lowest BCUT2D eigenvalue weighted by atomic mass is 9.89. The molecule has 9 aliphatic carbocycles. The second-order valence-electron chi connectivity index (χ2n) is 42.8. The molecule has 0 atom stereocenters. The highest BCUT2D eigenvalue weighted by atomic mass is 16.5. The van der Waals surface area contributed by atoms with E-state index in [1.807, 2.05) is 87.4 Å². The molecule has 0 saturated heterocycles. The SMILES string of the molecule is CC1=NCC(C2CC2)=C1c1cc(-c2c(C)noc2C)cc2[nH]c(C3CC3)nc12.Cc1cccc(C)c1-c1cc(-c2c(C)noc2C)cc2[nH]c(C3CC3)nc12.Cc1noc(C)c1-c1cc(-c2c(-c3ccccc3)n[nH]c2C)c2nc(C3CC3)[nH]c2c1.Cc1noc(C)c1-c1cc(-n2ccc3c2CCCC3)c2nc(C3CC3)[nH]c2c1.Cc1noc(C)c1-c1cc(C2=C(C3CC3)CN=C2C2CC2)c2nc(C3CC3)[nH]c2c1. The number of fused-ring (bicyclic) bond motifs is 6. The predicted octanol–water partition coefficient (Wildman–Crippen LogP) is 28.5. The summed E-state index contributed by atoms with van der Waals surface area (Å²) in [5.41, 5.74) is 51.5. The normalized spacial score (nSPS) is 17.3. The van der Waals surface area contributed by atoms with E-state index >= 15 is 0 Å². The van der Waals surface area contributed by atoms with Crippen LogP contribution in [0.1, 0.15) is 278 Å². The van der Waals surface area contributed by atoms with Crippen LogP contribution in [0.5, 0.6) is 0 Å². The number of imidazole rings is 5. The minimum absolute atomic E-state index is 0.543. The molecule has 726 valence electrons. The Morgan fingerprint density at radius 1 is 0.312 bits per heavy atom. The van der Waals surface area contributed by atoms with Crippen LogP contribution in [0.2, 0.25) is 0 Å². The van der Waals surface area contributed by atoms with Crippen LogP contribution in [-0.4, -0.2) is 115 Å². The Hall–Kier alpha value is -14.8. The Labute approximate surface area is 834 Å². The van der Waals surface area contributed by atoms with Crippen molar-refractivity contribution in [3.63, 3.8) is 0 Å². The number of aromatic amines is 6. The van der Waals surface area contributed by atoms with Crippen molar-refractivity contribution in [1.82, 2.24) is 90.4 Å². The number of rotatable bonds is 19. The van der Waals surface area contributed by atoms with Gasteiger partial charge in [-0.1, -0.05) is 74.3 Å². The molecule has 0 amide bonds. The third-order valence-electron chi connectivity index (χ3n) is 31.7. The lowest BCUT2D eigenvalue weighted by Crippen LogP contribution is -2.07. The van der Waals surface area contributed by atoms with Crippen LogP contribution < -0.4 is 0 Å². The van der Waals surface area contributed by atoms with Gasteiger partial charge in [0.2, 0.25) is 0 Å². The van der Waals surface area contributed by atoms with Crippen LogP contribution in [-0.2, 0) is 12.8 Å². The molecule has 19 aromatic rings. The number of aliphatic imine (C=N–C) groups is 2. The molecule has 2 aliphatic heterocycles. The molecule has 144 heavy (non-hydrogen) atoms. The number of hydrogen-bond acceptors (Lipinski definition) is 18. The molecular formula is C119H120N20O5. The van der Waals surface area contributed by atoms with E-state index in [4.69, 9.17) is 57.5 Å². The van der Waals surface area contributed by atoms with E-state index < -0.39 is 0 Å². The monoisotopic (exact) mass is 1910 g/mol. The van der Waals surface area contributed by atoms with Crippen molar-refractivity contribution >= 4 is 77.7 Å². The maximum absolute atomic E-state index is 5.51. The Morgan fingerprint density at radius 2 is 0.667 bits per heavy atom. The fourth-order valence-corrected chi connectivity index (χ4v) is 23.2. The van der Waals surface area contributed by atoms with Crippen molar-refractivity contribution < 1.29 is 22.6 Å². The molecule has 0 radical (unpaired) electrons. The van der Waals surface area contributed by atoms with Gasteiger partial charge in [0.05, 0.1) is 96.9 Å². The lowest BCUT2D eigenvalue weighted by Gasteiger charge is -2.17. The molecular weight excluding hydrogens is 1790 g/mol. The van der Waals surface area contributed by atoms with Crippen molar-refractivity contribution in [2.45, 2.75) is 255 Å². The molecule has 11 aliphatic rings. The summed E-state index contributed by atoms with van der Waals surface area (Å²) in [5, 5.41) is 28.7. The van der Waals surface area contributed by atoms with E-state index in [-0.39, 0.29) is 0 Å². The second-order valence-corrected chi connectivity index (χ2v) is 42.8. The fraction of sp³-hybridized carbons (Fsp3) is 0.370. The van der Waals surface area contributed by atoms with E-state index in [0.29, 0.717) is 41.4 Å². The first-order valence-electron chi connectivity index (χ1n) is 52.3. The maximum atomic E-state index is 5.51. The van der Waals surface area contributed by atoms with Gasteiger partial charge in [-0.25, -0.2) is 24.9 Å². The lowest BCUT2D eigenvalue weighted by molar-refractivity contribution is 0.393. The zero-order valence-electron chi connectivity index (χ0n) is 84.5. The Balaban J connectivity index is 0.0000000919. The van der Waals surface area contributed by atoms with Gasteiger partial charge in [-0.05, 0) is 365 Å². The standard InChI is InChI=1S/C25H23N5O.C25H26N4O.2C23H24N4O.C23H23N3O/c1-13-22(23(29-28-13)16-7-5-4-6-8-16)19-11-18(21-14(2)30-31-15(21)3)12-20-24(19)27-25(26-20)17-9-10-17;1-12-21(13(2)30-29-12)17-9-18(24-20(10-17)27-25(28-24)16-7-8-16)22-19(14-3-4-14)11-26-23(22)15-5-6-15;1-11-21(18(10-24-11)14-4-5-14)17-8-16(20-12(2)27-28-13(20)3)9-19-22(17)26-23(25-19)15-6-7-15;1-13-21(14(2)28-26-13)17-11-18-22(25-23(24-18)16-7-8-16)20(12-17)27-10-9-15-5-3-4-6-19(15)27;1-12-6-5-7-13(2)20(12)18-10-17(21-14(3)26-27-15(21)4)11-19-22(18)25-23(24-19)16-8-9-16/h4-8,11-12,17H,9-10H2,1-3H3,(H,26,27)(H,28,29);9-10,14-16H,3-8,11H2,1-2H3,(H,27,28);8-9,14-15H,4-7,10H2,1-3H3,(H,25,26);9-12,16H,3-8H2,1-2H3,(H,24,25);5-7,10-11,16H,8-9H2,1-4H3,(H,24,25). The number of nitrogens with one attached hydrogen (secondary N) is 6. The number of hydrogen-bond donors (Lipinski definition) is 6. The van der Waals surface area contributed by atoms with Gasteiger partial charge in [0.15, 0.2) is 0 Å². The summed E-state index contributed by atoms with van der Waals surface area (Å²) >= 11 is 0. The van der Waals surface area contributed by atoms with Crippen molar-refractivity contribution in [1.29, 1.82) is 0 Å². The molecule has 14 heterocycles. The number of aromatic nitrogens is 18. The number of benzene rings is 7. The Kier molecular flexibility index (Phi) is 21.8. The van der Waals surface area contributed by atoms with Gasteiger partial charge in [-0.3, -0.25) is 15.1 Å². The minimum atomic E-state index is 0.543. The highest BCUT2D eigenvalue weighted by Gasteiger charge is 2.42. The number of aryl methyl sites for hydroxylation is 14. The van der Waals surface area contributed by atoms with Crippen molar-refractivity contribution in [3.05, 3.63) is 258 Å². The van der Waals surface area contributed by atoms with Gasteiger partial charge in [0.1, 0.15) is 69.1 Å². The summed E-state index contributed by atoms with van der Waals surface area (Å²) in [6, 6.07) is 41.4. The molecule has 8 saturated carbocycles. The Morgan fingerprint density at radius 3 is 1.07 bits per heavy atom.